The average molecular weight is 376 g/mol. The maximum Gasteiger partial charge on any atom is 0.261 e. The lowest BCUT2D eigenvalue weighted by Crippen LogP contribution is -2.49. The molecular weight excluding hydrogens is 354 g/mol. The third-order valence-corrected chi connectivity index (χ3v) is 3.97. The molecule has 0 heterocycles. The van der Waals surface area contributed by atoms with Crippen molar-refractivity contribution < 1.29 is 23.1 Å². The van der Waals surface area contributed by atoms with Crippen molar-refractivity contribution in [1.82, 2.24) is 10.2 Å². The van der Waals surface area contributed by atoms with E-state index >= 15 is 0 Å². The maximum absolute atomic E-state index is 13.7. The molecule has 0 saturated heterocycles. The highest BCUT2D eigenvalue weighted by atomic mass is 19.1. The van der Waals surface area contributed by atoms with Crippen LogP contribution < -0.4 is 10.1 Å². The van der Waals surface area contributed by atoms with E-state index in [4.69, 9.17) is 4.74 Å². The van der Waals surface area contributed by atoms with Crippen LogP contribution in [0, 0.1) is 11.6 Å². The van der Waals surface area contributed by atoms with Gasteiger partial charge in [-0.2, -0.15) is 0 Å². The summed E-state index contributed by atoms with van der Waals surface area (Å²) in [5.74, 6) is -1.82. The third-order valence-electron chi connectivity index (χ3n) is 3.97. The summed E-state index contributed by atoms with van der Waals surface area (Å²) in [4.78, 5) is 26.2. The van der Waals surface area contributed by atoms with E-state index in [1.54, 1.807) is 19.9 Å². The molecule has 0 aromatic heterocycles. The van der Waals surface area contributed by atoms with Gasteiger partial charge in [0.15, 0.2) is 18.2 Å². The molecule has 2 amide bonds. The summed E-state index contributed by atoms with van der Waals surface area (Å²) in [6.45, 7) is 3.46. The van der Waals surface area contributed by atoms with E-state index in [-0.39, 0.29) is 18.2 Å². The highest BCUT2D eigenvalue weighted by molar-refractivity contribution is 5.87. The fourth-order valence-electron chi connectivity index (χ4n) is 2.48. The monoisotopic (exact) mass is 376 g/mol. The Morgan fingerprint density at radius 3 is 2.41 bits per heavy atom. The smallest absolute Gasteiger partial charge is 0.261 e. The zero-order valence-electron chi connectivity index (χ0n) is 15.2. The molecular formula is C20H22F2N2O3. The van der Waals surface area contributed by atoms with Gasteiger partial charge in [0.25, 0.3) is 5.91 Å². The number of carbonyl (C=O) groups excluding carboxylic acids is 2. The van der Waals surface area contributed by atoms with Gasteiger partial charge in [-0.1, -0.05) is 24.3 Å². The van der Waals surface area contributed by atoms with Gasteiger partial charge < -0.3 is 15.0 Å². The lowest BCUT2D eigenvalue weighted by molar-refractivity contribution is -0.142. The van der Waals surface area contributed by atoms with Crippen molar-refractivity contribution in [2.45, 2.75) is 26.4 Å². The molecule has 0 bridgehead atoms. The number of benzene rings is 2. The fourth-order valence-corrected chi connectivity index (χ4v) is 2.48. The van der Waals surface area contributed by atoms with Crippen molar-refractivity contribution in [2.24, 2.45) is 0 Å². The predicted molar refractivity (Wildman–Crippen MR) is 97.0 cm³/mol. The van der Waals surface area contributed by atoms with Crippen LogP contribution in [0.15, 0.2) is 48.5 Å². The highest BCUT2D eigenvalue weighted by Gasteiger charge is 2.26. The quantitative estimate of drug-likeness (QED) is 0.771. The Morgan fingerprint density at radius 2 is 1.78 bits per heavy atom. The van der Waals surface area contributed by atoms with Gasteiger partial charge in [-0.05, 0) is 43.7 Å². The van der Waals surface area contributed by atoms with E-state index in [1.807, 2.05) is 0 Å². The second kappa shape index (κ2) is 9.66. The van der Waals surface area contributed by atoms with Crippen LogP contribution in [-0.2, 0) is 16.1 Å². The first kappa shape index (κ1) is 20.4. The number of hydrogen-bond acceptors (Lipinski definition) is 3. The second-order valence-corrected chi connectivity index (χ2v) is 5.94. The van der Waals surface area contributed by atoms with Gasteiger partial charge in [0.05, 0.1) is 0 Å². The zero-order valence-corrected chi connectivity index (χ0v) is 15.2. The third kappa shape index (κ3) is 5.77. The van der Waals surface area contributed by atoms with Gasteiger partial charge in [-0.25, -0.2) is 8.78 Å². The number of likely N-dealkylation sites (N-methyl/N-ethyl adjacent to an activating group) is 1. The minimum Gasteiger partial charge on any atom is -0.481 e. The molecule has 1 unspecified atom stereocenters. The fraction of sp³-hybridized carbons (Fsp3) is 0.300. The number of halogens is 2. The van der Waals surface area contributed by atoms with Crippen molar-refractivity contribution >= 4 is 11.8 Å². The lowest BCUT2D eigenvalue weighted by atomic mass is 10.1. The molecule has 1 N–H and O–H groups in total. The summed E-state index contributed by atoms with van der Waals surface area (Å²) in [6, 6.07) is 10.6. The number of nitrogens with zero attached hydrogens (tertiary/aromatic N) is 1. The summed E-state index contributed by atoms with van der Waals surface area (Å²) >= 11 is 0. The molecule has 27 heavy (non-hydrogen) atoms. The Bertz CT molecular complexity index is 781. The van der Waals surface area contributed by atoms with Gasteiger partial charge >= 0.3 is 0 Å². The number of nitrogens with one attached hydrogen (secondary N) is 1. The molecule has 0 saturated carbocycles. The standard InChI is InChI=1S/C20H22F2N2O3/c1-3-23-20(26)14(2)24(12-15-8-10-16(21)11-9-15)19(25)13-27-18-7-5-4-6-17(18)22/h4-11,14H,3,12-13H2,1-2H3,(H,23,26). The van der Waals surface area contributed by atoms with Crippen LogP contribution in [0.25, 0.3) is 0 Å². The van der Waals surface area contributed by atoms with Crippen LogP contribution in [0.4, 0.5) is 8.78 Å². The molecule has 7 heteroatoms. The van der Waals surface area contributed by atoms with Crippen LogP contribution in [0.5, 0.6) is 5.75 Å². The Kier molecular flexibility index (Phi) is 7.28. The molecule has 2 aromatic carbocycles. The van der Waals surface area contributed by atoms with Crippen molar-refractivity contribution in [2.75, 3.05) is 13.2 Å². The summed E-state index contributed by atoms with van der Waals surface area (Å²) in [5.41, 5.74) is 0.659. The molecule has 5 nitrogen and oxygen atoms in total. The molecule has 0 spiro atoms. The predicted octanol–water partition coefficient (Wildman–Crippen LogP) is 2.90. The van der Waals surface area contributed by atoms with E-state index in [1.165, 1.54) is 47.4 Å². The molecule has 0 fully saturated rings. The van der Waals surface area contributed by atoms with Gasteiger partial charge in [-0.3, -0.25) is 9.59 Å². The van der Waals surface area contributed by atoms with Crippen LogP contribution in [0.1, 0.15) is 19.4 Å². The molecule has 2 aromatic rings. The van der Waals surface area contributed by atoms with E-state index in [0.717, 1.165) is 0 Å². The number of amides is 2. The van der Waals surface area contributed by atoms with Gasteiger partial charge in [0.2, 0.25) is 5.91 Å². The molecule has 2 rings (SSSR count). The SMILES string of the molecule is CCNC(=O)C(C)N(Cc1ccc(F)cc1)C(=O)COc1ccccc1F. The topological polar surface area (TPSA) is 58.6 Å². The van der Waals surface area contributed by atoms with Gasteiger partial charge in [-0.15, -0.1) is 0 Å². The van der Waals surface area contributed by atoms with E-state index in [9.17, 15) is 18.4 Å². The summed E-state index contributed by atoms with van der Waals surface area (Å²) in [6.07, 6.45) is 0. The zero-order chi connectivity index (χ0) is 19.8. The van der Waals surface area contributed by atoms with E-state index in [0.29, 0.717) is 12.1 Å². The minimum atomic E-state index is -0.772. The van der Waals surface area contributed by atoms with Crippen molar-refractivity contribution in [1.29, 1.82) is 0 Å². The first-order valence-corrected chi connectivity index (χ1v) is 8.61. The largest absolute Gasteiger partial charge is 0.481 e. The molecule has 0 radical (unpaired) electrons. The van der Waals surface area contributed by atoms with Crippen LogP contribution >= 0.6 is 0 Å². The minimum absolute atomic E-state index is 0.0433. The van der Waals surface area contributed by atoms with E-state index in [2.05, 4.69) is 5.32 Å². The normalized spacial score (nSPS) is 11.6. The Morgan fingerprint density at radius 1 is 1.11 bits per heavy atom. The molecule has 0 aliphatic rings. The summed E-state index contributed by atoms with van der Waals surface area (Å²) < 4.78 is 32.0. The Labute approximate surface area is 156 Å². The average Bonchev–Trinajstić information content (AvgIpc) is 2.66. The van der Waals surface area contributed by atoms with Crippen molar-refractivity contribution in [3.05, 3.63) is 65.7 Å². The lowest BCUT2D eigenvalue weighted by Gasteiger charge is -2.28. The molecule has 0 aliphatic heterocycles. The van der Waals surface area contributed by atoms with Crippen LogP contribution in [-0.4, -0.2) is 35.9 Å². The molecule has 1 atom stereocenters. The maximum atomic E-state index is 13.7. The van der Waals surface area contributed by atoms with Gasteiger partial charge in [0, 0.05) is 13.1 Å². The highest BCUT2D eigenvalue weighted by Crippen LogP contribution is 2.16. The number of hydrogen-bond donors (Lipinski definition) is 1. The number of carbonyl (C=O) groups is 2. The van der Waals surface area contributed by atoms with Crippen molar-refractivity contribution in [3.8, 4) is 5.75 Å². The first-order chi connectivity index (χ1) is 12.9. The molecule has 144 valence electrons. The van der Waals surface area contributed by atoms with Crippen molar-refractivity contribution in [3.63, 3.8) is 0 Å². The van der Waals surface area contributed by atoms with Gasteiger partial charge in [0.1, 0.15) is 11.9 Å². The number of para-hydroxylation sites is 1. The summed E-state index contributed by atoms with van der Waals surface area (Å²) in [7, 11) is 0. The van der Waals surface area contributed by atoms with E-state index < -0.39 is 30.2 Å². The first-order valence-electron chi connectivity index (χ1n) is 8.61. The van der Waals surface area contributed by atoms with Crippen LogP contribution in [0.2, 0.25) is 0 Å². The number of rotatable bonds is 8. The van der Waals surface area contributed by atoms with Crippen LogP contribution in [0.3, 0.4) is 0 Å². The number of ether oxygens (including phenoxy) is 1. The molecule has 0 aliphatic carbocycles. The summed E-state index contributed by atoms with van der Waals surface area (Å²) in [5, 5.41) is 2.66. The Hall–Kier alpha value is -2.96. The second-order valence-electron chi connectivity index (χ2n) is 5.94. The Balaban J connectivity index is 2.14.